The normalized spacial score (nSPS) is 17.5. The topological polar surface area (TPSA) is 58.6 Å². The third kappa shape index (κ3) is 4.62. The molecule has 0 spiro atoms. The van der Waals surface area contributed by atoms with Gasteiger partial charge in [-0.3, -0.25) is 4.90 Å². The fraction of sp³-hybridized carbons (Fsp3) is 0.375. The van der Waals surface area contributed by atoms with Crippen molar-refractivity contribution in [1.29, 1.82) is 0 Å². The minimum Gasteiger partial charge on any atom is -0.379 e. The molecular weight excluding hydrogens is 370 g/mol. The summed E-state index contributed by atoms with van der Waals surface area (Å²) in [6, 6.07) is 5.95. The lowest BCUT2D eigenvalue weighted by Gasteiger charge is -2.34. The van der Waals surface area contributed by atoms with Gasteiger partial charge in [0.1, 0.15) is 11.6 Å². The monoisotopic (exact) mass is 388 g/mol. The zero-order valence-corrected chi connectivity index (χ0v) is 15.0. The van der Waals surface area contributed by atoms with Crippen molar-refractivity contribution in [2.45, 2.75) is 10.9 Å². The van der Waals surface area contributed by atoms with E-state index in [1.165, 1.54) is 11.3 Å². The van der Waals surface area contributed by atoms with Crippen molar-refractivity contribution in [3.05, 3.63) is 52.2 Å². The number of thiophene rings is 1. The fourth-order valence-corrected chi connectivity index (χ4v) is 4.68. The first kappa shape index (κ1) is 18.4. The summed E-state index contributed by atoms with van der Waals surface area (Å²) < 4.78 is 59.3. The van der Waals surface area contributed by atoms with Crippen molar-refractivity contribution in [3.8, 4) is 0 Å². The van der Waals surface area contributed by atoms with Gasteiger partial charge in [-0.2, -0.15) is 0 Å². The van der Waals surface area contributed by atoms with Crippen LogP contribution in [0.15, 0.2) is 40.6 Å². The third-order valence-electron chi connectivity index (χ3n) is 3.97. The number of benzene rings is 1. The molecule has 136 valence electrons. The highest BCUT2D eigenvalue weighted by molar-refractivity contribution is 7.89. The minimum absolute atomic E-state index is 0.112. The van der Waals surface area contributed by atoms with E-state index in [9.17, 15) is 17.2 Å². The molecule has 1 saturated heterocycles. The van der Waals surface area contributed by atoms with Crippen LogP contribution in [0.5, 0.6) is 0 Å². The van der Waals surface area contributed by atoms with Gasteiger partial charge in [0.2, 0.25) is 10.0 Å². The molecule has 1 atom stereocenters. The molecule has 0 unspecified atom stereocenters. The lowest BCUT2D eigenvalue weighted by molar-refractivity contribution is 0.0179. The zero-order valence-electron chi connectivity index (χ0n) is 13.3. The molecule has 0 saturated carbocycles. The number of hydrogen-bond donors (Lipinski definition) is 1. The fourth-order valence-electron chi connectivity index (χ4n) is 2.74. The van der Waals surface area contributed by atoms with Gasteiger partial charge in [0, 0.05) is 30.6 Å². The molecule has 25 heavy (non-hydrogen) atoms. The van der Waals surface area contributed by atoms with Gasteiger partial charge in [0.25, 0.3) is 0 Å². The minimum atomic E-state index is -4.01. The maximum absolute atomic E-state index is 13.3. The summed E-state index contributed by atoms with van der Waals surface area (Å²) in [7, 11) is -4.01. The van der Waals surface area contributed by atoms with Crippen LogP contribution < -0.4 is 4.72 Å². The molecule has 0 bridgehead atoms. The SMILES string of the molecule is O=S(=O)(NC[C@H](c1cccs1)N1CCOCC1)c1cc(F)cc(F)c1. The van der Waals surface area contributed by atoms with Gasteiger partial charge in [-0.05, 0) is 23.6 Å². The van der Waals surface area contributed by atoms with Gasteiger partial charge >= 0.3 is 0 Å². The maximum Gasteiger partial charge on any atom is 0.240 e. The molecule has 0 radical (unpaired) electrons. The average molecular weight is 388 g/mol. The number of morpholine rings is 1. The van der Waals surface area contributed by atoms with E-state index < -0.39 is 26.6 Å². The summed E-state index contributed by atoms with van der Waals surface area (Å²) in [4.78, 5) is 2.75. The second-order valence-corrected chi connectivity index (χ2v) is 8.38. The highest BCUT2D eigenvalue weighted by Gasteiger charge is 2.26. The summed E-state index contributed by atoms with van der Waals surface area (Å²) in [6.45, 7) is 2.67. The predicted molar refractivity (Wildman–Crippen MR) is 91.0 cm³/mol. The molecule has 9 heteroatoms. The summed E-state index contributed by atoms with van der Waals surface area (Å²) in [5.74, 6) is -1.85. The van der Waals surface area contributed by atoms with Crippen molar-refractivity contribution in [3.63, 3.8) is 0 Å². The Kier molecular flexibility index (Phi) is 5.80. The Balaban J connectivity index is 1.78. The molecule has 2 aromatic rings. The van der Waals surface area contributed by atoms with E-state index in [1.54, 1.807) is 0 Å². The first-order valence-corrected chi connectivity index (χ1v) is 10.1. The molecule has 0 aliphatic carbocycles. The number of nitrogens with zero attached hydrogens (tertiary/aromatic N) is 1. The van der Waals surface area contributed by atoms with Crippen LogP contribution in [-0.4, -0.2) is 46.2 Å². The number of sulfonamides is 1. The average Bonchev–Trinajstić information content (AvgIpc) is 3.09. The van der Waals surface area contributed by atoms with Crippen molar-refractivity contribution >= 4 is 21.4 Å². The van der Waals surface area contributed by atoms with Gasteiger partial charge < -0.3 is 4.74 Å². The molecule has 2 heterocycles. The second-order valence-electron chi connectivity index (χ2n) is 5.64. The Labute approximate surface area is 149 Å². The highest BCUT2D eigenvalue weighted by Crippen LogP contribution is 2.26. The molecule has 1 aromatic carbocycles. The summed E-state index contributed by atoms with van der Waals surface area (Å²) >= 11 is 1.54. The lowest BCUT2D eigenvalue weighted by atomic mass is 10.2. The van der Waals surface area contributed by atoms with Gasteiger partial charge in [-0.1, -0.05) is 6.07 Å². The van der Waals surface area contributed by atoms with E-state index in [0.29, 0.717) is 32.4 Å². The van der Waals surface area contributed by atoms with E-state index in [-0.39, 0.29) is 12.6 Å². The van der Waals surface area contributed by atoms with Crippen molar-refractivity contribution in [2.75, 3.05) is 32.8 Å². The Hall–Kier alpha value is -1.39. The smallest absolute Gasteiger partial charge is 0.240 e. The van der Waals surface area contributed by atoms with E-state index in [4.69, 9.17) is 4.74 Å². The predicted octanol–water partition coefficient (Wildman–Crippen LogP) is 2.38. The van der Waals surface area contributed by atoms with Crippen molar-refractivity contribution in [1.82, 2.24) is 9.62 Å². The van der Waals surface area contributed by atoms with E-state index in [1.807, 2.05) is 17.5 Å². The van der Waals surface area contributed by atoms with Crippen molar-refractivity contribution in [2.24, 2.45) is 0 Å². The van der Waals surface area contributed by atoms with Gasteiger partial charge in [0.15, 0.2) is 0 Å². The molecule has 1 fully saturated rings. The molecular formula is C16H18F2N2O3S2. The molecule has 5 nitrogen and oxygen atoms in total. The van der Waals surface area contributed by atoms with Crippen LogP contribution in [0.25, 0.3) is 0 Å². The van der Waals surface area contributed by atoms with Crippen LogP contribution in [0.2, 0.25) is 0 Å². The van der Waals surface area contributed by atoms with Crippen LogP contribution >= 0.6 is 11.3 Å². The molecule has 0 amide bonds. The van der Waals surface area contributed by atoms with Crippen LogP contribution in [0, 0.1) is 11.6 Å². The number of rotatable bonds is 6. The molecule has 3 rings (SSSR count). The van der Waals surface area contributed by atoms with Gasteiger partial charge in [-0.15, -0.1) is 11.3 Å². The lowest BCUT2D eigenvalue weighted by Crippen LogP contribution is -2.43. The molecule has 1 N–H and O–H groups in total. The Morgan fingerprint density at radius 2 is 1.88 bits per heavy atom. The van der Waals surface area contributed by atoms with E-state index >= 15 is 0 Å². The van der Waals surface area contributed by atoms with Crippen LogP contribution in [0.1, 0.15) is 10.9 Å². The highest BCUT2D eigenvalue weighted by atomic mass is 32.2. The summed E-state index contributed by atoms with van der Waals surface area (Å²) in [5, 5.41) is 1.93. The third-order valence-corrected chi connectivity index (χ3v) is 6.35. The van der Waals surface area contributed by atoms with Crippen LogP contribution in [-0.2, 0) is 14.8 Å². The maximum atomic E-state index is 13.3. The van der Waals surface area contributed by atoms with Crippen LogP contribution in [0.3, 0.4) is 0 Å². The van der Waals surface area contributed by atoms with Gasteiger partial charge in [0.05, 0.1) is 24.2 Å². The van der Waals surface area contributed by atoms with Crippen molar-refractivity contribution < 1.29 is 21.9 Å². The molecule has 1 aliphatic rings. The van der Waals surface area contributed by atoms with Gasteiger partial charge in [-0.25, -0.2) is 21.9 Å². The molecule has 1 aliphatic heterocycles. The summed E-state index contributed by atoms with van der Waals surface area (Å²) in [5.41, 5.74) is 0. The Bertz CT molecular complexity index is 787. The standard InChI is InChI=1S/C16H18F2N2O3S2/c17-12-8-13(18)10-14(9-12)25(21,22)19-11-15(16-2-1-7-24-16)20-3-5-23-6-4-20/h1-2,7-10,15,19H,3-6,11H2/t15-/m1/s1. The number of nitrogens with one attached hydrogen (secondary N) is 1. The first-order chi connectivity index (χ1) is 12.0. The van der Waals surface area contributed by atoms with E-state index in [0.717, 1.165) is 17.0 Å². The largest absolute Gasteiger partial charge is 0.379 e. The zero-order chi connectivity index (χ0) is 17.9. The summed E-state index contributed by atoms with van der Waals surface area (Å²) in [6.07, 6.45) is 0. The molecule has 1 aromatic heterocycles. The quantitative estimate of drug-likeness (QED) is 0.826. The van der Waals surface area contributed by atoms with E-state index in [2.05, 4.69) is 9.62 Å². The Morgan fingerprint density at radius 1 is 1.20 bits per heavy atom. The first-order valence-electron chi connectivity index (χ1n) is 7.77. The number of hydrogen-bond acceptors (Lipinski definition) is 5. The second kappa shape index (κ2) is 7.88. The number of halogens is 2. The van der Waals surface area contributed by atoms with Crippen LogP contribution in [0.4, 0.5) is 8.78 Å². The Morgan fingerprint density at radius 3 is 2.48 bits per heavy atom. The number of ether oxygens (including phenoxy) is 1.